The standard InChI is InChI=1S/C18H19N3O3/c1-22-16-10-14-11-6-4-5-7-12(11)15(20-21-19)9-8-13(14)17(23-2)18(16)24-3/h4-7,10,15H,8-9H2,1-3H3/t15-/m0/s1. The van der Waals surface area contributed by atoms with Gasteiger partial charge in [0.2, 0.25) is 5.75 Å². The first-order chi connectivity index (χ1) is 11.7. The first-order valence-corrected chi connectivity index (χ1v) is 7.70. The van der Waals surface area contributed by atoms with E-state index in [0.29, 0.717) is 23.7 Å². The maximum absolute atomic E-state index is 8.91. The molecular formula is C18H19N3O3. The van der Waals surface area contributed by atoms with Crippen molar-refractivity contribution in [3.63, 3.8) is 0 Å². The molecule has 0 aromatic heterocycles. The third-order valence-electron chi connectivity index (χ3n) is 4.40. The van der Waals surface area contributed by atoms with Crippen molar-refractivity contribution in [2.24, 2.45) is 5.11 Å². The van der Waals surface area contributed by atoms with Gasteiger partial charge in [-0.05, 0) is 41.1 Å². The molecule has 0 aliphatic heterocycles. The molecule has 0 heterocycles. The van der Waals surface area contributed by atoms with E-state index >= 15 is 0 Å². The fourth-order valence-corrected chi connectivity index (χ4v) is 3.36. The van der Waals surface area contributed by atoms with Crippen molar-refractivity contribution in [1.82, 2.24) is 0 Å². The van der Waals surface area contributed by atoms with Crippen LogP contribution >= 0.6 is 0 Å². The molecule has 6 heteroatoms. The van der Waals surface area contributed by atoms with Crippen molar-refractivity contribution < 1.29 is 14.2 Å². The van der Waals surface area contributed by atoms with Crippen molar-refractivity contribution in [1.29, 1.82) is 0 Å². The maximum atomic E-state index is 8.91. The lowest BCUT2D eigenvalue weighted by atomic mass is 9.94. The van der Waals surface area contributed by atoms with Crippen molar-refractivity contribution in [2.75, 3.05) is 21.3 Å². The Bertz CT molecular complexity index is 813. The minimum atomic E-state index is -0.208. The van der Waals surface area contributed by atoms with E-state index < -0.39 is 0 Å². The predicted octanol–water partition coefficient (Wildman–Crippen LogP) is 4.68. The van der Waals surface area contributed by atoms with Gasteiger partial charge in [0, 0.05) is 10.5 Å². The summed E-state index contributed by atoms with van der Waals surface area (Å²) in [6.07, 6.45) is 1.43. The number of ether oxygens (including phenoxy) is 3. The van der Waals surface area contributed by atoms with E-state index in [9.17, 15) is 0 Å². The number of hydrogen-bond acceptors (Lipinski definition) is 4. The average molecular weight is 325 g/mol. The molecule has 0 spiro atoms. The van der Waals surface area contributed by atoms with Gasteiger partial charge in [0.15, 0.2) is 11.5 Å². The summed E-state index contributed by atoms with van der Waals surface area (Å²) >= 11 is 0. The molecule has 1 aliphatic carbocycles. The van der Waals surface area contributed by atoms with E-state index in [1.165, 1.54) is 0 Å². The Morgan fingerprint density at radius 2 is 1.79 bits per heavy atom. The second-order valence-corrected chi connectivity index (χ2v) is 5.52. The van der Waals surface area contributed by atoms with Crippen molar-refractivity contribution in [2.45, 2.75) is 18.9 Å². The summed E-state index contributed by atoms with van der Waals surface area (Å²) in [6, 6.07) is 9.73. The molecule has 2 aromatic rings. The Morgan fingerprint density at radius 3 is 2.46 bits per heavy atom. The van der Waals surface area contributed by atoms with Crippen LogP contribution in [-0.2, 0) is 6.42 Å². The van der Waals surface area contributed by atoms with Gasteiger partial charge >= 0.3 is 0 Å². The molecule has 3 rings (SSSR count). The molecule has 0 fully saturated rings. The van der Waals surface area contributed by atoms with Gasteiger partial charge in [0.1, 0.15) is 0 Å². The van der Waals surface area contributed by atoms with Crippen LogP contribution in [0.1, 0.15) is 23.6 Å². The summed E-state index contributed by atoms with van der Waals surface area (Å²) in [5.41, 5.74) is 13.0. The Kier molecular flexibility index (Phi) is 4.49. The fourth-order valence-electron chi connectivity index (χ4n) is 3.36. The summed E-state index contributed by atoms with van der Waals surface area (Å²) in [5, 5.41) is 3.99. The lowest BCUT2D eigenvalue weighted by Gasteiger charge is -2.19. The van der Waals surface area contributed by atoms with Crippen LogP contribution in [0.4, 0.5) is 0 Å². The topological polar surface area (TPSA) is 76.5 Å². The van der Waals surface area contributed by atoms with Gasteiger partial charge in [-0.1, -0.05) is 29.4 Å². The fraction of sp³-hybridized carbons (Fsp3) is 0.333. The predicted molar refractivity (Wildman–Crippen MR) is 91.7 cm³/mol. The average Bonchev–Trinajstić information content (AvgIpc) is 2.78. The van der Waals surface area contributed by atoms with Crippen molar-refractivity contribution >= 4 is 0 Å². The minimum absolute atomic E-state index is 0.208. The van der Waals surface area contributed by atoms with E-state index in [-0.39, 0.29) is 6.04 Å². The summed E-state index contributed by atoms with van der Waals surface area (Å²) in [6.45, 7) is 0. The van der Waals surface area contributed by atoms with Crippen LogP contribution in [0.15, 0.2) is 35.4 Å². The molecule has 6 nitrogen and oxygen atoms in total. The van der Waals surface area contributed by atoms with Crippen molar-refractivity contribution in [3.05, 3.63) is 51.9 Å². The van der Waals surface area contributed by atoms with Gasteiger partial charge < -0.3 is 14.2 Å². The highest BCUT2D eigenvalue weighted by atomic mass is 16.5. The molecule has 24 heavy (non-hydrogen) atoms. The molecule has 0 saturated carbocycles. The summed E-state index contributed by atoms with van der Waals surface area (Å²) in [5.74, 6) is 1.87. The van der Waals surface area contributed by atoms with Gasteiger partial charge in [-0.15, -0.1) is 0 Å². The van der Waals surface area contributed by atoms with E-state index in [4.69, 9.17) is 19.7 Å². The monoisotopic (exact) mass is 325 g/mol. The van der Waals surface area contributed by atoms with Crippen LogP contribution in [-0.4, -0.2) is 21.3 Å². The van der Waals surface area contributed by atoms with Gasteiger partial charge in [0.05, 0.1) is 27.4 Å². The Labute approximate surface area is 140 Å². The molecule has 0 unspecified atom stereocenters. The van der Waals surface area contributed by atoms with Gasteiger partial charge in [-0.3, -0.25) is 0 Å². The van der Waals surface area contributed by atoms with Crippen LogP contribution in [0.5, 0.6) is 17.2 Å². The van der Waals surface area contributed by atoms with Crippen LogP contribution in [0.3, 0.4) is 0 Å². The summed E-state index contributed by atoms with van der Waals surface area (Å²) in [7, 11) is 4.83. The molecule has 2 aromatic carbocycles. The molecule has 0 amide bonds. The highest BCUT2D eigenvalue weighted by Gasteiger charge is 2.27. The molecule has 1 aliphatic rings. The largest absolute Gasteiger partial charge is 0.493 e. The number of rotatable bonds is 4. The molecule has 0 saturated heterocycles. The van der Waals surface area contributed by atoms with Gasteiger partial charge in [-0.25, -0.2) is 0 Å². The highest BCUT2D eigenvalue weighted by Crippen LogP contribution is 2.49. The second kappa shape index (κ2) is 6.72. The smallest absolute Gasteiger partial charge is 0.203 e. The second-order valence-electron chi connectivity index (χ2n) is 5.52. The van der Waals surface area contributed by atoms with Crippen LogP contribution in [0.25, 0.3) is 21.6 Å². The summed E-state index contributed by atoms with van der Waals surface area (Å²) < 4.78 is 16.6. The number of methoxy groups -OCH3 is 3. The summed E-state index contributed by atoms with van der Waals surface area (Å²) in [4.78, 5) is 3.02. The minimum Gasteiger partial charge on any atom is -0.493 e. The van der Waals surface area contributed by atoms with Crippen molar-refractivity contribution in [3.8, 4) is 28.4 Å². The zero-order chi connectivity index (χ0) is 17.1. The van der Waals surface area contributed by atoms with E-state index in [1.807, 2.05) is 30.3 Å². The molecule has 1 atom stereocenters. The molecule has 0 bridgehead atoms. The van der Waals surface area contributed by atoms with E-state index in [0.717, 1.165) is 28.7 Å². The Morgan fingerprint density at radius 1 is 1.04 bits per heavy atom. The number of fused-ring (bicyclic) bond motifs is 3. The first-order valence-electron chi connectivity index (χ1n) is 7.70. The molecule has 0 N–H and O–H groups in total. The zero-order valence-electron chi connectivity index (χ0n) is 13.9. The lowest BCUT2D eigenvalue weighted by Crippen LogP contribution is -2.01. The molecule has 124 valence electrons. The highest BCUT2D eigenvalue weighted by molar-refractivity contribution is 5.79. The quantitative estimate of drug-likeness (QED) is 0.465. The SMILES string of the molecule is COc1cc2c(c(OC)c1OC)CC[C@H](N=[N+]=[N-])c1ccccc1-2. The number of benzene rings is 2. The van der Waals surface area contributed by atoms with Crippen LogP contribution in [0.2, 0.25) is 0 Å². The lowest BCUT2D eigenvalue weighted by molar-refractivity contribution is 0.322. The van der Waals surface area contributed by atoms with E-state index in [2.05, 4.69) is 10.0 Å². The first kappa shape index (κ1) is 16.0. The maximum Gasteiger partial charge on any atom is 0.203 e. The Balaban J connectivity index is 2.33. The van der Waals surface area contributed by atoms with Gasteiger partial charge in [0.25, 0.3) is 0 Å². The Hall–Kier alpha value is -2.85. The normalized spacial score (nSPS) is 15.4. The third-order valence-corrected chi connectivity index (χ3v) is 4.40. The zero-order valence-corrected chi connectivity index (χ0v) is 13.9. The molecular weight excluding hydrogens is 306 g/mol. The number of nitrogens with zero attached hydrogens (tertiary/aromatic N) is 3. The third kappa shape index (κ3) is 2.51. The van der Waals surface area contributed by atoms with Crippen LogP contribution < -0.4 is 14.2 Å². The number of hydrogen-bond donors (Lipinski definition) is 0. The van der Waals surface area contributed by atoms with Crippen LogP contribution in [0, 0.1) is 0 Å². The van der Waals surface area contributed by atoms with E-state index in [1.54, 1.807) is 21.3 Å². The van der Waals surface area contributed by atoms with Gasteiger partial charge in [-0.2, -0.15) is 0 Å². The molecule has 0 radical (unpaired) electrons. The number of azide groups is 1.